The van der Waals surface area contributed by atoms with Crippen molar-refractivity contribution in [3.05, 3.63) is 65.5 Å². The summed E-state index contributed by atoms with van der Waals surface area (Å²) in [6.07, 6.45) is -0.247. The number of hydrogen-bond donors (Lipinski definition) is 1. The number of halogens is 1. The maximum atomic E-state index is 13.1. The van der Waals surface area contributed by atoms with Crippen LogP contribution in [0.2, 0.25) is 0 Å². The number of methoxy groups -OCH3 is 1. The fraction of sp³-hybridized carbons (Fsp3) is 0.176. The largest absolute Gasteiger partial charge is 0.497 e. The molecule has 0 spiro atoms. The summed E-state index contributed by atoms with van der Waals surface area (Å²) in [7, 11) is 0.598. The quantitative estimate of drug-likeness (QED) is 0.885. The number of rotatable bonds is 3. The van der Waals surface area contributed by atoms with Crippen molar-refractivity contribution in [3.63, 3.8) is 0 Å². The Morgan fingerprint density at radius 2 is 1.64 bits per heavy atom. The molecule has 2 aromatic rings. The van der Waals surface area contributed by atoms with Crippen LogP contribution in [0.4, 0.5) is 4.39 Å². The zero-order chi connectivity index (χ0) is 15.7. The molecule has 112 valence electrons. The van der Waals surface area contributed by atoms with Gasteiger partial charge in [0.2, 0.25) is 0 Å². The summed E-state index contributed by atoms with van der Waals surface area (Å²) in [6.45, 7) is 1.89. The van der Waals surface area contributed by atoms with Gasteiger partial charge in [0, 0.05) is 0 Å². The zero-order valence-electron chi connectivity index (χ0n) is 12.4. The molecule has 0 bridgehead atoms. The Bertz CT molecular complexity index is 695. The van der Waals surface area contributed by atoms with E-state index < -0.39 is 7.12 Å². The molecule has 1 aliphatic heterocycles. The third-order valence-corrected chi connectivity index (χ3v) is 3.83. The normalized spacial score (nSPS) is 18.0. The Balaban J connectivity index is 2.11. The van der Waals surface area contributed by atoms with Gasteiger partial charge in [0.05, 0.1) is 13.2 Å². The summed E-state index contributed by atoms with van der Waals surface area (Å²) in [6, 6.07) is 13.6. The molecule has 0 aromatic heterocycles. The van der Waals surface area contributed by atoms with Gasteiger partial charge in [0.25, 0.3) is 0 Å². The van der Waals surface area contributed by atoms with E-state index in [1.54, 1.807) is 19.2 Å². The Morgan fingerprint density at radius 3 is 2.23 bits per heavy atom. The average molecular weight is 298 g/mol. The highest BCUT2D eigenvalue weighted by Crippen LogP contribution is 2.38. The van der Waals surface area contributed by atoms with Crippen molar-refractivity contribution in [1.29, 1.82) is 0 Å². The molecule has 3 nitrogen and oxygen atoms in total. The van der Waals surface area contributed by atoms with Crippen LogP contribution in [0.5, 0.6) is 5.75 Å². The first-order chi connectivity index (χ1) is 10.6. The van der Waals surface area contributed by atoms with Crippen LogP contribution in [-0.2, 0) is 4.65 Å². The first-order valence-corrected chi connectivity index (χ1v) is 7.08. The predicted molar refractivity (Wildman–Crippen MR) is 84.7 cm³/mol. The lowest BCUT2D eigenvalue weighted by atomic mass is 9.73. The van der Waals surface area contributed by atoms with Crippen molar-refractivity contribution in [2.45, 2.75) is 13.0 Å². The lowest BCUT2D eigenvalue weighted by Crippen LogP contribution is -2.17. The van der Waals surface area contributed by atoms with Crippen LogP contribution in [0.15, 0.2) is 48.5 Å². The topological polar surface area (TPSA) is 38.7 Å². The molecule has 1 aliphatic rings. The lowest BCUT2D eigenvalue weighted by Gasteiger charge is -2.12. The van der Waals surface area contributed by atoms with Crippen molar-refractivity contribution in [2.24, 2.45) is 0 Å². The average Bonchev–Trinajstić information content (AvgIpc) is 2.82. The summed E-state index contributed by atoms with van der Waals surface area (Å²) in [4.78, 5) is 0. The highest BCUT2D eigenvalue weighted by atomic mass is 19.1. The summed E-state index contributed by atoms with van der Waals surface area (Å²) < 4.78 is 23.8. The SMILES string of the molecule is COc1ccc(C2=C(c3ccc(F)cc3)B(O)OC2C)cc1. The van der Waals surface area contributed by atoms with Crippen molar-refractivity contribution in [3.8, 4) is 5.75 Å². The molecule has 0 fully saturated rings. The van der Waals surface area contributed by atoms with Gasteiger partial charge in [-0.2, -0.15) is 0 Å². The van der Waals surface area contributed by atoms with Crippen molar-refractivity contribution < 1.29 is 18.8 Å². The van der Waals surface area contributed by atoms with Crippen molar-refractivity contribution >= 4 is 18.2 Å². The minimum atomic E-state index is -1.02. The van der Waals surface area contributed by atoms with E-state index in [1.807, 2.05) is 31.2 Å². The van der Waals surface area contributed by atoms with E-state index in [-0.39, 0.29) is 11.9 Å². The monoisotopic (exact) mass is 298 g/mol. The molecule has 3 rings (SSSR count). The fourth-order valence-corrected chi connectivity index (χ4v) is 2.77. The van der Waals surface area contributed by atoms with Gasteiger partial charge in [-0.1, -0.05) is 24.3 Å². The van der Waals surface area contributed by atoms with Crippen LogP contribution in [0, 0.1) is 5.82 Å². The molecule has 1 unspecified atom stereocenters. The van der Waals surface area contributed by atoms with Gasteiger partial charge in [-0.15, -0.1) is 0 Å². The van der Waals surface area contributed by atoms with Crippen molar-refractivity contribution in [1.82, 2.24) is 0 Å². The first kappa shape index (κ1) is 14.8. The second-order valence-electron chi connectivity index (χ2n) is 5.19. The molecular weight excluding hydrogens is 282 g/mol. The molecule has 0 saturated heterocycles. The molecule has 2 aromatic carbocycles. The predicted octanol–water partition coefficient (Wildman–Crippen LogP) is 3.18. The summed E-state index contributed by atoms with van der Waals surface area (Å²) in [5.41, 5.74) is 3.28. The molecule has 1 N–H and O–H groups in total. The Kier molecular flexibility index (Phi) is 4.01. The standard InChI is InChI=1S/C17H16BFO3/c1-11-16(12-5-9-15(21-2)10-6-12)17(18(20)22-11)13-3-7-14(19)8-4-13/h3-11,20H,1-2H3. The number of ether oxygens (including phenoxy) is 1. The maximum absolute atomic E-state index is 13.1. The minimum absolute atomic E-state index is 0.247. The van der Waals surface area contributed by atoms with Crippen LogP contribution in [0.1, 0.15) is 18.1 Å². The Hall–Kier alpha value is -2.11. The van der Waals surface area contributed by atoms with E-state index in [0.29, 0.717) is 5.47 Å². The van der Waals surface area contributed by atoms with E-state index in [4.69, 9.17) is 9.39 Å². The van der Waals surface area contributed by atoms with Gasteiger partial charge in [0.1, 0.15) is 11.6 Å². The second-order valence-corrected chi connectivity index (χ2v) is 5.19. The van der Waals surface area contributed by atoms with E-state index in [0.717, 1.165) is 22.4 Å². The first-order valence-electron chi connectivity index (χ1n) is 7.08. The summed E-state index contributed by atoms with van der Waals surface area (Å²) >= 11 is 0. The second kappa shape index (κ2) is 5.95. The van der Waals surface area contributed by atoms with E-state index in [2.05, 4.69) is 0 Å². The third kappa shape index (κ3) is 2.65. The molecule has 5 heteroatoms. The fourth-order valence-electron chi connectivity index (χ4n) is 2.77. The van der Waals surface area contributed by atoms with Gasteiger partial charge in [-0.05, 0) is 53.4 Å². The van der Waals surface area contributed by atoms with Gasteiger partial charge < -0.3 is 14.4 Å². The van der Waals surface area contributed by atoms with Gasteiger partial charge in [-0.25, -0.2) is 4.39 Å². The van der Waals surface area contributed by atoms with Crippen LogP contribution in [-0.4, -0.2) is 25.4 Å². The Morgan fingerprint density at radius 1 is 1.05 bits per heavy atom. The van der Waals surface area contributed by atoms with Crippen molar-refractivity contribution in [2.75, 3.05) is 7.11 Å². The van der Waals surface area contributed by atoms with Crippen LogP contribution in [0.3, 0.4) is 0 Å². The number of hydrogen-bond acceptors (Lipinski definition) is 3. The Labute approximate surface area is 129 Å². The molecule has 1 atom stereocenters. The number of benzene rings is 2. The highest BCUT2D eigenvalue weighted by Gasteiger charge is 2.36. The maximum Gasteiger partial charge on any atom is 0.492 e. The minimum Gasteiger partial charge on any atom is -0.497 e. The molecular formula is C17H16BFO3. The van der Waals surface area contributed by atoms with Crippen LogP contribution >= 0.6 is 0 Å². The zero-order valence-corrected chi connectivity index (χ0v) is 12.4. The molecule has 0 aliphatic carbocycles. The molecule has 0 saturated carbocycles. The van der Waals surface area contributed by atoms with Crippen LogP contribution < -0.4 is 4.74 Å². The van der Waals surface area contributed by atoms with E-state index in [1.165, 1.54) is 12.1 Å². The van der Waals surface area contributed by atoms with Crippen LogP contribution in [0.25, 0.3) is 11.0 Å². The molecule has 22 heavy (non-hydrogen) atoms. The van der Waals surface area contributed by atoms with E-state index >= 15 is 0 Å². The molecule has 0 amide bonds. The van der Waals surface area contributed by atoms with Gasteiger partial charge >= 0.3 is 7.12 Å². The molecule has 0 radical (unpaired) electrons. The summed E-state index contributed by atoms with van der Waals surface area (Å²) in [5, 5.41) is 10.2. The third-order valence-electron chi connectivity index (χ3n) is 3.83. The smallest absolute Gasteiger partial charge is 0.492 e. The highest BCUT2D eigenvalue weighted by molar-refractivity contribution is 6.71. The van der Waals surface area contributed by atoms with Gasteiger partial charge in [0.15, 0.2) is 0 Å². The summed E-state index contributed by atoms with van der Waals surface area (Å²) in [5.74, 6) is 0.455. The van der Waals surface area contributed by atoms with Gasteiger partial charge in [-0.3, -0.25) is 0 Å². The molecule has 1 heterocycles. The van der Waals surface area contributed by atoms with E-state index in [9.17, 15) is 9.41 Å². The lowest BCUT2D eigenvalue weighted by molar-refractivity contribution is 0.248.